The fourth-order valence-corrected chi connectivity index (χ4v) is 7.02. The molecule has 1 unspecified atom stereocenters. The summed E-state index contributed by atoms with van der Waals surface area (Å²) in [5.41, 5.74) is 0. The Hall–Kier alpha value is -4.45. The van der Waals surface area contributed by atoms with Crippen LogP contribution < -0.4 is 0 Å². The van der Waals surface area contributed by atoms with E-state index in [1.807, 2.05) is 0 Å². The van der Waals surface area contributed by atoms with Gasteiger partial charge in [0, 0.05) is 19.3 Å². The first-order valence-corrected chi connectivity index (χ1v) is 27.7. The normalized spacial score (nSPS) is 13.1. The van der Waals surface area contributed by atoms with Crippen LogP contribution in [0.2, 0.25) is 0 Å². The third-order valence-electron chi connectivity index (χ3n) is 11.1. The van der Waals surface area contributed by atoms with Gasteiger partial charge in [-0.2, -0.15) is 0 Å². The average Bonchev–Trinajstić information content (AvgIpc) is 3.35. The second kappa shape index (κ2) is 56.1. The van der Waals surface area contributed by atoms with Crippen molar-refractivity contribution in [1.82, 2.24) is 0 Å². The monoisotopic (exact) mass is 953 g/mol. The van der Waals surface area contributed by atoms with E-state index in [1.165, 1.54) is 38.5 Å². The van der Waals surface area contributed by atoms with Crippen molar-refractivity contribution >= 4 is 17.9 Å². The van der Waals surface area contributed by atoms with Crippen LogP contribution in [-0.4, -0.2) is 37.2 Å². The molecule has 0 saturated carbocycles. The minimum Gasteiger partial charge on any atom is -0.462 e. The minimum absolute atomic E-state index is 0.113. The molecule has 0 aliphatic carbocycles. The van der Waals surface area contributed by atoms with Crippen LogP contribution in [-0.2, 0) is 28.6 Å². The minimum atomic E-state index is -0.819. The van der Waals surface area contributed by atoms with E-state index in [-0.39, 0.29) is 37.5 Å². The number of ether oxygens (including phenoxy) is 3. The van der Waals surface area contributed by atoms with E-state index in [1.54, 1.807) is 0 Å². The number of allylic oxidation sites excluding steroid dienone is 22. The van der Waals surface area contributed by atoms with Gasteiger partial charge >= 0.3 is 17.9 Å². The Morgan fingerprint density at radius 3 is 0.913 bits per heavy atom. The fraction of sp³-hybridized carbons (Fsp3) is 0.603. The molecule has 0 spiro atoms. The van der Waals surface area contributed by atoms with E-state index < -0.39 is 6.10 Å². The fourth-order valence-electron chi connectivity index (χ4n) is 7.02. The molecular formula is C63H100O6. The van der Waals surface area contributed by atoms with Crippen molar-refractivity contribution < 1.29 is 28.6 Å². The Labute approximate surface area is 424 Å². The van der Waals surface area contributed by atoms with Crippen LogP contribution in [0.3, 0.4) is 0 Å². The van der Waals surface area contributed by atoms with Crippen molar-refractivity contribution in [3.05, 3.63) is 134 Å². The molecule has 0 aliphatic heterocycles. The first kappa shape index (κ1) is 64.5. The van der Waals surface area contributed by atoms with E-state index >= 15 is 0 Å². The predicted octanol–water partition coefficient (Wildman–Crippen LogP) is 18.6. The van der Waals surface area contributed by atoms with Crippen molar-refractivity contribution in [2.24, 2.45) is 0 Å². The van der Waals surface area contributed by atoms with Crippen molar-refractivity contribution in [3.63, 3.8) is 0 Å². The lowest BCUT2D eigenvalue weighted by Gasteiger charge is -2.18. The molecule has 0 radical (unpaired) electrons. The molecule has 388 valence electrons. The van der Waals surface area contributed by atoms with Crippen molar-refractivity contribution in [2.75, 3.05) is 13.2 Å². The number of hydrogen-bond donors (Lipinski definition) is 0. The summed E-state index contributed by atoms with van der Waals surface area (Å²) in [6.45, 7) is 6.30. The summed E-state index contributed by atoms with van der Waals surface area (Å²) in [6.07, 6.45) is 78.6. The van der Waals surface area contributed by atoms with Gasteiger partial charge in [0.1, 0.15) is 13.2 Å². The lowest BCUT2D eigenvalue weighted by molar-refractivity contribution is -0.167. The zero-order valence-corrected chi connectivity index (χ0v) is 44.3. The summed E-state index contributed by atoms with van der Waals surface area (Å²) in [4.78, 5) is 38.1. The van der Waals surface area contributed by atoms with Gasteiger partial charge in [0.05, 0.1) is 0 Å². The second-order valence-corrected chi connectivity index (χ2v) is 17.7. The largest absolute Gasteiger partial charge is 0.462 e. The highest BCUT2D eigenvalue weighted by Gasteiger charge is 2.19. The first-order chi connectivity index (χ1) is 34.0. The number of unbranched alkanes of at least 4 members (excludes halogenated alkanes) is 15. The van der Waals surface area contributed by atoms with Crippen molar-refractivity contribution in [2.45, 2.75) is 232 Å². The molecule has 0 N–H and O–H groups in total. The van der Waals surface area contributed by atoms with Gasteiger partial charge in [0.25, 0.3) is 0 Å². The second-order valence-electron chi connectivity index (χ2n) is 17.7. The van der Waals surface area contributed by atoms with Gasteiger partial charge in [-0.05, 0) is 135 Å². The van der Waals surface area contributed by atoms with Crippen LogP contribution in [0, 0.1) is 0 Å². The van der Waals surface area contributed by atoms with Crippen LogP contribution in [0.5, 0.6) is 0 Å². The van der Waals surface area contributed by atoms with Gasteiger partial charge in [0.2, 0.25) is 0 Å². The van der Waals surface area contributed by atoms with Gasteiger partial charge in [-0.1, -0.05) is 206 Å². The Bertz CT molecular complexity index is 1510. The van der Waals surface area contributed by atoms with E-state index in [9.17, 15) is 14.4 Å². The van der Waals surface area contributed by atoms with Gasteiger partial charge < -0.3 is 14.2 Å². The lowest BCUT2D eigenvalue weighted by atomic mass is 10.1. The molecule has 6 nitrogen and oxygen atoms in total. The Balaban J connectivity index is 4.54. The molecule has 1 atom stereocenters. The Morgan fingerprint density at radius 2 is 0.565 bits per heavy atom. The molecule has 6 heteroatoms. The molecule has 0 saturated heterocycles. The van der Waals surface area contributed by atoms with Gasteiger partial charge in [-0.15, -0.1) is 0 Å². The highest BCUT2D eigenvalue weighted by molar-refractivity contribution is 5.71. The molecular weight excluding hydrogens is 853 g/mol. The molecule has 0 amide bonds. The number of rotatable bonds is 48. The maximum atomic E-state index is 12.8. The molecule has 0 rings (SSSR count). The molecule has 0 aromatic heterocycles. The molecule has 0 bridgehead atoms. The molecule has 0 aliphatic rings. The van der Waals surface area contributed by atoms with Gasteiger partial charge in [-0.3, -0.25) is 14.4 Å². The predicted molar refractivity (Wildman–Crippen MR) is 297 cm³/mol. The third-order valence-corrected chi connectivity index (χ3v) is 11.1. The van der Waals surface area contributed by atoms with E-state index in [0.717, 1.165) is 141 Å². The topological polar surface area (TPSA) is 78.9 Å². The third kappa shape index (κ3) is 54.4. The summed E-state index contributed by atoms with van der Waals surface area (Å²) in [7, 11) is 0. The maximum Gasteiger partial charge on any atom is 0.306 e. The standard InChI is InChI=1S/C63H100O6/c1-4-7-10-13-16-19-22-25-28-30-31-33-35-38-41-44-47-50-53-56-62(65)68-59-60(58-67-61(64)55-52-49-46-43-40-37-34-27-24-21-18-15-12-9-6-3)69-63(66)57-54-51-48-45-42-39-36-32-29-26-23-20-17-14-11-8-5-2/h8-9,11-12,16-21,25-29,31,33-34,36,39-40,43,60H,4-7,10,13-15,22-24,30,32,35,37-38,41-42,44-59H2,1-3H3/b11-8-,12-9-,19-16-,20-17-,21-18-,28-25-,29-26-,33-31-,34-27-,39-36-,43-40-. The smallest absolute Gasteiger partial charge is 0.306 e. The number of esters is 3. The molecule has 0 heterocycles. The zero-order valence-electron chi connectivity index (χ0n) is 44.3. The Kier molecular flexibility index (Phi) is 52.5. The Morgan fingerprint density at radius 1 is 0.304 bits per heavy atom. The molecule has 0 fully saturated rings. The summed E-state index contributed by atoms with van der Waals surface area (Å²) in [5.74, 6) is -0.998. The van der Waals surface area contributed by atoms with E-state index in [0.29, 0.717) is 19.3 Å². The van der Waals surface area contributed by atoms with Crippen LogP contribution >= 0.6 is 0 Å². The quantitative estimate of drug-likeness (QED) is 0.0262. The number of carbonyl (C=O) groups is 3. The SMILES string of the molecule is CC/C=C\C/C=C\C/C=C\C/C=C\CCCCCCC(=O)OC(COC(=O)CCCC/C=C\C/C=C\C/C=C\C/C=C\CC)COC(=O)CCCCCCCC/C=C\C/C=C\C/C=C\CCCCC. The van der Waals surface area contributed by atoms with Crippen LogP contribution in [0.4, 0.5) is 0 Å². The highest BCUT2D eigenvalue weighted by atomic mass is 16.6. The van der Waals surface area contributed by atoms with E-state index in [4.69, 9.17) is 14.2 Å². The molecule has 0 aromatic rings. The molecule has 0 aromatic carbocycles. The number of hydrogen-bond acceptors (Lipinski definition) is 6. The van der Waals surface area contributed by atoms with Gasteiger partial charge in [-0.25, -0.2) is 0 Å². The lowest BCUT2D eigenvalue weighted by Crippen LogP contribution is -2.30. The highest BCUT2D eigenvalue weighted by Crippen LogP contribution is 2.13. The van der Waals surface area contributed by atoms with Gasteiger partial charge in [0.15, 0.2) is 6.10 Å². The molecule has 69 heavy (non-hydrogen) atoms. The zero-order chi connectivity index (χ0) is 50.0. The van der Waals surface area contributed by atoms with Crippen molar-refractivity contribution in [1.29, 1.82) is 0 Å². The van der Waals surface area contributed by atoms with Crippen LogP contribution in [0.1, 0.15) is 226 Å². The number of carbonyl (C=O) groups excluding carboxylic acids is 3. The van der Waals surface area contributed by atoms with Crippen molar-refractivity contribution in [3.8, 4) is 0 Å². The maximum absolute atomic E-state index is 12.8. The van der Waals surface area contributed by atoms with Crippen LogP contribution in [0.15, 0.2) is 134 Å². The summed E-state index contributed by atoms with van der Waals surface area (Å²) in [5, 5.41) is 0. The van der Waals surface area contributed by atoms with E-state index in [2.05, 4.69) is 154 Å². The first-order valence-electron chi connectivity index (χ1n) is 27.7. The average molecular weight is 953 g/mol. The summed E-state index contributed by atoms with van der Waals surface area (Å²) < 4.78 is 16.8. The summed E-state index contributed by atoms with van der Waals surface area (Å²) >= 11 is 0. The van der Waals surface area contributed by atoms with Crippen LogP contribution in [0.25, 0.3) is 0 Å². The summed E-state index contributed by atoms with van der Waals surface area (Å²) in [6, 6.07) is 0.